The van der Waals surface area contributed by atoms with Gasteiger partial charge in [0.05, 0.1) is 22.0 Å². The lowest BCUT2D eigenvalue weighted by Gasteiger charge is -2.24. The summed E-state index contributed by atoms with van der Waals surface area (Å²) in [5.41, 5.74) is 2.37. The number of ether oxygens (including phenoxy) is 1. The van der Waals surface area contributed by atoms with Gasteiger partial charge in [0.15, 0.2) is 0 Å². The topological polar surface area (TPSA) is 113 Å². The minimum atomic E-state index is -4.01. The molecule has 9 nitrogen and oxygen atoms in total. The highest BCUT2D eigenvalue weighted by Gasteiger charge is 2.27. The number of hydrogen-bond acceptors (Lipinski definition) is 6. The summed E-state index contributed by atoms with van der Waals surface area (Å²) in [6.07, 6.45) is 0. The molecule has 0 aliphatic heterocycles. The molecule has 0 aromatic heterocycles. The number of benzene rings is 3. The maximum atomic E-state index is 13.5. The van der Waals surface area contributed by atoms with E-state index in [0.717, 1.165) is 19.7 Å². The van der Waals surface area contributed by atoms with Crippen LogP contribution in [-0.4, -0.2) is 60.8 Å². The molecular formula is C28H35N3O6S2. The summed E-state index contributed by atoms with van der Waals surface area (Å²) in [6.45, 7) is 5.79. The maximum absolute atomic E-state index is 13.5. The van der Waals surface area contributed by atoms with Crippen molar-refractivity contribution in [2.75, 3.05) is 38.1 Å². The van der Waals surface area contributed by atoms with Gasteiger partial charge in [0.2, 0.25) is 15.9 Å². The largest absolute Gasteiger partial charge is 0.492 e. The Bertz CT molecular complexity index is 1470. The molecule has 0 saturated carbocycles. The molecule has 1 N–H and O–H groups in total. The molecule has 3 aromatic rings. The van der Waals surface area contributed by atoms with Crippen LogP contribution in [0.15, 0.2) is 82.6 Å². The van der Waals surface area contributed by atoms with Gasteiger partial charge in [-0.05, 0) is 66.9 Å². The normalized spacial score (nSPS) is 12.0. The van der Waals surface area contributed by atoms with Crippen molar-refractivity contribution in [2.24, 2.45) is 0 Å². The van der Waals surface area contributed by atoms with Crippen molar-refractivity contribution in [3.05, 3.63) is 83.9 Å². The maximum Gasteiger partial charge on any atom is 0.264 e. The lowest BCUT2D eigenvalue weighted by atomic mass is 10.0. The Labute approximate surface area is 231 Å². The van der Waals surface area contributed by atoms with Crippen LogP contribution in [0.3, 0.4) is 0 Å². The summed E-state index contributed by atoms with van der Waals surface area (Å²) in [5, 5.41) is 2.69. The Morgan fingerprint density at radius 1 is 0.821 bits per heavy atom. The minimum Gasteiger partial charge on any atom is -0.492 e. The molecule has 0 heterocycles. The zero-order chi connectivity index (χ0) is 28.8. The van der Waals surface area contributed by atoms with Gasteiger partial charge in [-0.1, -0.05) is 43.7 Å². The summed E-state index contributed by atoms with van der Waals surface area (Å²) in [4.78, 5) is 13.1. The number of amides is 1. The third-order valence-corrected chi connectivity index (χ3v) is 9.66. The summed E-state index contributed by atoms with van der Waals surface area (Å²) in [5.74, 6) is 0.225. The van der Waals surface area contributed by atoms with E-state index < -0.39 is 32.5 Å². The molecule has 0 bridgehead atoms. The predicted molar refractivity (Wildman–Crippen MR) is 152 cm³/mol. The molecule has 1 amide bonds. The molecule has 0 saturated heterocycles. The SMILES string of the molecule is Cc1ccc(S(=O)(=O)N(CC(=O)NCCOc2ccc(S(=O)(=O)N(C)C)cc2)c2ccc(C(C)C)cc2)cc1. The fraction of sp³-hybridized carbons (Fsp3) is 0.321. The van der Waals surface area contributed by atoms with E-state index in [1.807, 2.05) is 32.9 Å². The summed E-state index contributed by atoms with van der Waals surface area (Å²) >= 11 is 0. The lowest BCUT2D eigenvalue weighted by molar-refractivity contribution is -0.119. The van der Waals surface area contributed by atoms with Crippen molar-refractivity contribution < 1.29 is 26.4 Å². The minimum absolute atomic E-state index is 0.0943. The number of nitrogens with zero attached hydrogens (tertiary/aromatic N) is 2. The van der Waals surface area contributed by atoms with E-state index in [1.165, 1.54) is 50.5 Å². The molecular weight excluding hydrogens is 538 g/mol. The molecule has 0 aliphatic rings. The Morgan fingerprint density at radius 2 is 1.36 bits per heavy atom. The highest BCUT2D eigenvalue weighted by molar-refractivity contribution is 7.92. The zero-order valence-electron chi connectivity index (χ0n) is 22.8. The standard InChI is InChI=1S/C28H35N3O6S2/c1-21(2)23-8-10-24(11-9-23)31(39(35,36)27-14-6-22(3)7-15-27)20-28(32)29-18-19-37-25-12-16-26(17-13-25)38(33,34)30(4)5/h6-17,21H,18-20H2,1-5H3,(H,29,32). The van der Waals surface area contributed by atoms with Crippen molar-refractivity contribution >= 4 is 31.6 Å². The monoisotopic (exact) mass is 573 g/mol. The number of nitrogens with one attached hydrogen (secondary N) is 1. The number of sulfonamides is 2. The smallest absolute Gasteiger partial charge is 0.264 e. The molecule has 0 spiro atoms. The van der Waals surface area contributed by atoms with E-state index in [0.29, 0.717) is 11.4 Å². The van der Waals surface area contributed by atoms with Crippen LogP contribution in [0, 0.1) is 6.92 Å². The Hall–Kier alpha value is -3.41. The van der Waals surface area contributed by atoms with Gasteiger partial charge >= 0.3 is 0 Å². The van der Waals surface area contributed by atoms with Gasteiger partial charge in [-0.3, -0.25) is 9.10 Å². The summed E-state index contributed by atoms with van der Waals surface area (Å²) in [7, 11) is -4.64. The molecule has 0 unspecified atom stereocenters. The van der Waals surface area contributed by atoms with Crippen molar-refractivity contribution in [1.29, 1.82) is 0 Å². The number of rotatable bonds is 12. The quantitative estimate of drug-likeness (QED) is 0.330. The van der Waals surface area contributed by atoms with Gasteiger partial charge in [0.1, 0.15) is 18.9 Å². The summed E-state index contributed by atoms with van der Waals surface area (Å²) < 4.78 is 59.2. The van der Waals surface area contributed by atoms with E-state index in [9.17, 15) is 21.6 Å². The number of aryl methyl sites for hydroxylation is 1. The van der Waals surface area contributed by atoms with E-state index in [1.54, 1.807) is 24.3 Å². The molecule has 0 fully saturated rings. The molecule has 210 valence electrons. The lowest BCUT2D eigenvalue weighted by Crippen LogP contribution is -2.41. The molecule has 11 heteroatoms. The van der Waals surface area contributed by atoms with Crippen LogP contribution >= 0.6 is 0 Å². The third kappa shape index (κ3) is 7.59. The van der Waals surface area contributed by atoms with Crippen molar-refractivity contribution in [3.63, 3.8) is 0 Å². The number of hydrogen-bond donors (Lipinski definition) is 1. The third-order valence-electron chi connectivity index (χ3n) is 6.04. The van der Waals surface area contributed by atoms with Crippen LogP contribution in [0.1, 0.15) is 30.9 Å². The van der Waals surface area contributed by atoms with Crippen LogP contribution in [0.5, 0.6) is 5.75 Å². The average molecular weight is 574 g/mol. The van der Waals surface area contributed by atoms with E-state index in [2.05, 4.69) is 5.32 Å². The van der Waals surface area contributed by atoms with Crippen LogP contribution in [-0.2, 0) is 24.8 Å². The van der Waals surface area contributed by atoms with Gasteiger partial charge in [-0.25, -0.2) is 21.1 Å². The van der Waals surface area contributed by atoms with Gasteiger partial charge in [0, 0.05) is 14.1 Å². The van der Waals surface area contributed by atoms with Crippen LogP contribution in [0.25, 0.3) is 0 Å². The zero-order valence-corrected chi connectivity index (χ0v) is 24.4. The van der Waals surface area contributed by atoms with Crippen LogP contribution < -0.4 is 14.4 Å². The average Bonchev–Trinajstić information content (AvgIpc) is 2.90. The van der Waals surface area contributed by atoms with Crippen LogP contribution in [0.2, 0.25) is 0 Å². The molecule has 3 aromatic carbocycles. The Morgan fingerprint density at radius 3 is 1.90 bits per heavy atom. The van der Waals surface area contributed by atoms with E-state index >= 15 is 0 Å². The summed E-state index contributed by atoms with van der Waals surface area (Å²) in [6, 6.07) is 19.6. The fourth-order valence-corrected chi connectivity index (χ4v) is 5.96. The highest BCUT2D eigenvalue weighted by atomic mass is 32.2. The van der Waals surface area contributed by atoms with Crippen molar-refractivity contribution in [3.8, 4) is 5.75 Å². The predicted octanol–water partition coefficient (Wildman–Crippen LogP) is 3.76. The number of carbonyl (C=O) groups excluding carboxylic acids is 1. The van der Waals surface area contributed by atoms with Gasteiger partial charge in [-0.15, -0.1) is 0 Å². The first-order valence-corrected chi connectivity index (χ1v) is 15.3. The molecule has 0 radical (unpaired) electrons. The molecule has 0 aliphatic carbocycles. The fourth-order valence-electron chi connectivity index (χ4n) is 3.64. The molecule has 3 rings (SSSR count). The first kappa shape index (κ1) is 30.1. The van der Waals surface area contributed by atoms with Gasteiger partial charge in [0.25, 0.3) is 10.0 Å². The second-order valence-corrected chi connectivity index (χ2v) is 13.5. The van der Waals surface area contributed by atoms with Crippen LogP contribution in [0.4, 0.5) is 5.69 Å². The van der Waals surface area contributed by atoms with Crippen molar-refractivity contribution in [2.45, 2.75) is 36.5 Å². The Balaban J connectivity index is 1.67. The van der Waals surface area contributed by atoms with E-state index in [4.69, 9.17) is 4.74 Å². The first-order chi connectivity index (χ1) is 18.3. The second kappa shape index (κ2) is 12.6. The van der Waals surface area contributed by atoms with Gasteiger partial charge < -0.3 is 10.1 Å². The second-order valence-electron chi connectivity index (χ2n) is 9.53. The highest BCUT2D eigenvalue weighted by Crippen LogP contribution is 2.26. The van der Waals surface area contributed by atoms with Crippen molar-refractivity contribution in [1.82, 2.24) is 9.62 Å². The molecule has 0 atom stereocenters. The molecule has 39 heavy (non-hydrogen) atoms. The van der Waals surface area contributed by atoms with Gasteiger partial charge in [-0.2, -0.15) is 0 Å². The number of carbonyl (C=O) groups is 1. The van der Waals surface area contributed by atoms with E-state index in [-0.39, 0.29) is 28.9 Å². The first-order valence-electron chi connectivity index (χ1n) is 12.4. The Kier molecular flexibility index (Phi) is 9.76. The number of anilines is 1.